The number of urea groups is 1. The number of carbonyl (C=O) groups excluding carboxylic acids is 1. The minimum Gasteiger partial charge on any atom is -0.337 e. The fraction of sp³-hybridized carbons (Fsp3) is 0.143. The summed E-state index contributed by atoms with van der Waals surface area (Å²) in [5, 5.41) is 11.2. The van der Waals surface area contributed by atoms with Crippen LogP contribution >= 0.6 is 11.3 Å². The Hall–Kier alpha value is -2.74. The van der Waals surface area contributed by atoms with Gasteiger partial charge in [0.1, 0.15) is 0 Å². The molecule has 0 aliphatic heterocycles. The lowest BCUT2D eigenvalue weighted by molar-refractivity contribution is 0.238. The number of hydrogen-bond acceptors (Lipinski definition) is 6. The Balaban J connectivity index is 1.49. The highest BCUT2D eigenvalue weighted by Gasteiger charge is 2.09. The van der Waals surface area contributed by atoms with Crippen LogP contribution in [0.5, 0.6) is 0 Å². The molecule has 2 N–H and O–H groups in total. The Labute approximate surface area is 130 Å². The maximum Gasteiger partial charge on any atom is 0.315 e. The SMILES string of the molecule is O=C(NCc1nc(-c2cccnc2)no1)NCc1cccs1. The van der Waals surface area contributed by atoms with E-state index in [0.29, 0.717) is 18.3 Å². The average molecular weight is 315 g/mol. The summed E-state index contributed by atoms with van der Waals surface area (Å²) in [6.45, 7) is 0.664. The predicted octanol–water partition coefficient (Wildman–Crippen LogP) is 2.19. The molecule has 0 fully saturated rings. The van der Waals surface area contributed by atoms with Gasteiger partial charge >= 0.3 is 6.03 Å². The molecule has 2 amide bonds. The molecule has 0 saturated heterocycles. The van der Waals surface area contributed by atoms with Crippen LogP contribution < -0.4 is 10.6 Å². The topological polar surface area (TPSA) is 92.9 Å². The lowest BCUT2D eigenvalue weighted by Gasteiger charge is -2.03. The van der Waals surface area contributed by atoms with Crippen LogP contribution in [-0.4, -0.2) is 21.2 Å². The van der Waals surface area contributed by atoms with Crippen molar-refractivity contribution in [1.29, 1.82) is 0 Å². The van der Waals surface area contributed by atoms with Gasteiger partial charge in [-0.3, -0.25) is 4.98 Å². The number of pyridine rings is 1. The summed E-state index contributed by atoms with van der Waals surface area (Å²) in [7, 11) is 0. The number of carbonyl (C=O) groups is 1. The van der Waals surface area contributed by atoms with Crippen LogP contribution in [0.1, 0.15) is 10.8 Å². The standard InChI is InChI=1S/C14H13N5O2S/c20-14(16-8-11-4-2-6-22-11)17-9-12-18-13(19-21-12)10-3-1-5-15-7-10/h1-7H,8-9H2,(H2,16,17,20). The monoisotopic (exact) mass is 315 g/mol. The van der Waals surface area contributed by atoms with E-state index >= 15 is 0 Å². The predicted molar refractivity (Wildman–Crippen MR) is 80.9 cm³/mol. The van der Waals surface area contributed by atoms with Crippen LogP contribution in [0.4, 0.5) is 4.79 Å². The molecule has 0 saturated carbocycles. The first-order valence-corrected chi connectivity index (χ1v) is 7.46. The van der Waals surface area contributed by atoms with Gasteiger partial charge in [-0.2, -0.15) is 4.98 Å². The minimum atomic E-state index is -0.283. The summed E-state index contributed by atoms with van der Waals surface area (Å²) in [5.74, 6) is 0.786. The molecular formula is C14H13N5O2S. The second kappa shape index (κ2) is 6.81. The van der Waals surface area contributed by atoms with E-state index in [1.165, 1.54) is 0 Å². The van der Waals surface area contributed by atoms with Gasteiger partial charge in [0.05, 0.1) is 13.1 Å². The molecule has 0 unspecified atom stereocenters. The Morgan fingerprint density at radius 3 is 2.91 bits per heavy atom. The third kappa shape index (κ3) is 3.67. The number of aromatic nitrogens is 3. The Morgan fingerprint density at radius 1 is 1.23 bits per heavy atom. The van der Waals surface area contributed by atoms with Crippen molar-refractivity contribution in [2.24, 2.45) is 0 Å². The summed E-state index contributed by atoms with van der Waals surface area (Å²) in [5.41, 5.74) is 0.764. The second-order valence-electron chi connectivity index (χ2n) is 4.37. The van der Waals surface area contributed by atoms with E-state index < -0.39 is 0 Å². The average Bonchev–Trinajstić information content (AvgIpc) is 3.23. The summed E-state index contributed by atoms with van der Waals surface area (Å²) < 4.78 is 5.09. The molecule has 0 atom stereocenters. The number of hydrogen-bond donors (Lipinski definition) is 2. The molecule has 0 aromatic carbocycles. The van der Waals surface area contributed by atoms with E-state index in [9.17, 15) is 4.79 Å². The van der Waals surface area contributed by atoms with E-state index in [1.807, 2.05) is 23.6 Å². The van der Waals surface area contributed by atoms with Crippen LogP contribution in [0.2, 0.25) is 0 Å². The number of amides is 2. The highest BCUT2D eigenvalue weighted by molar-refractivity contribution is 7.09. The van der Waals surface area contributed by atoms with Crippen LogP contribution in [0.25, 0.3) is 11.4 Å². The van der Waals surface area contributed by atoms with Gasteiger partial charge < -0.3 is 15.2 Å². The van der Waals surface area contributed by atoms with Crippen molar-refractivity contribution in [3.8, 4) is 11.4 Å². The molecule has 3 aromatic rings. The highest BCUT2D eigenvalue weighted by atomic mass is 32.1. The van der Waals surface area contributed by atoms with Crippen LogP contribution in [0.15, 0.2) is 46.6 Å². The molecule has 3 heterocycles. The summed E-state index contributed by atoms with van der Waals surface area (Å²) in [6.07, 6.45) is 3.32. The van der Waals surface area contributed by atoms with Crippen molar-refractivity contribution in [3.63, 3.8) is 0 Å². The Kier molecular flexibility index (Phi) is 4.40. The van der Waals surface area contributed by atoms with Gasteiger partial charge in [-0.25, -0.2) is 4.79 Å². The molecule has 0 aliphatic carbocycles. The number of nitrogens with one attached hydrogen (secondary N) is 2. The van der Waals surface area contributed by atoms with Gasteiger partial charge in [-0.15, -0.1) is 11.3 Å². The summed E-state index contributed by atoms with van der Waals surface area (Å²) in [6, 6.07) is 7.25. The molecule has 0 radical (unpaired) electrons. The van der Waals surface area contributed by atoms with Crippen molar-refractivity contribution < 1.29 is 9.32 Å². The second-order valence-corrected chi connectivity index (χ2v) is 5.40. The van der Waals surface area contributed by atoms with E-state index in [0.717, 1.165) is 10.4 Å². The first-order valence-electron chi connectivity index (χ1n) is 6.58. The van der Waals surface area contributed by atoms with Crippen LogP contribution in [0, 0.1) is 0 Å². The largest absolute Gasteiger partial charge is 0.337 e. The maximum atomic E-state index is 11.7. The quantitative estimate of drug-likeness (QED) is 0.753. The van der Waals surface area contributed by atoms with Crippen LogP contribution in [0.3, 0.4) is 0 Å². The molecule has 8 heteroatoms. The lowest BCUT2D eigenvalue weighted by Crippen LogP contribution is -2.34. The van der Waals surface area contributed by atoms with Gasteiger partial charge in [-0.1, -0.05) is 11.2 Å². The molecule has 7 nitrogen and oxygen atoms in total. The zero-order valence-corrected chi connectivity index (χ0v) is 12.3. The van der Waals surface area contributed by atoms with E-state index in [-0.39, 0.29) is 12.6 Å². The molecule has 0 bridgehead atoms. The van der Waals surface area contributed by atoms with Gasteiger partial charge in [-0.05, 0) is 23.6 Å². The molecule has 0 aliphatic rings. The highest BCUT2D eigenvalue weighted by Crippen LogP contribution is 2.13. The van der Waals surface area contributed by atoms with Gasteiger partial charge in [0.15, 0.2) is 0 Å². The van der Waals surface area contributed by atoms with Crippen molar-refractivity contribution in [1.82, 2.24) is 25.8 Å². The smallest absolute Gasteiger partial charge is 0.315 e. The molecule has 112 valence electrons. The number of thiophene rings is 1. The van der Waals surface area contributed by atoms with Crippen molar-refractivity contribution in [3.05, 3.63) is 52.8 Å². The van der Waals surface area contributed by atoms with Crippen molar-refractivity contribution in [2.45, 2.75) is 13.1 Å². The molecule has 22 heavy (non-hydrogen) atoms. The Morgan fingerprint density at radius 2 is 2.14 bits per heavy atom. The van der Waals surface area contributed by atoms with Gasteiger partial charge in [0.25, 0.3) is 0 Å². The van der Waals surface area contributed by atoms with E-state index in [4.69, 9.17) is 4.52 Å². The third-order valence-corrected chi connectivity index (χ3v) is 3.67. The summed E-state index contributed by atoms with van der Waals surface area (Å²) in [4.78, 5) is 21.0. The first-order chi connectivity index (χ1) is 10.8. The van der Waals surface area contributed by atoms with Crippen LogP contribution in [-0.2, 0) is 13.1 Å². The molecule has 3 rings (SSSR count). The molecular weight excluding hydrogens is 302 g/mol. The lowest BCUT2D eigenvalue weighted by atomic mass is 10.3. The van der Waals surface area contributed by atoms with Gasteiger partial charge in [0.2, 0.25) is 11.7 Å². The molecule has 3 aromatic heterocycles. The zero-order chi connectivity index (χ0) is 15.2. The third-order valence-electron chi connectivity index (χ3n) is 2.79. The minimum absolute atomic E-state index is 0.170. The fourth-order valence-electron chi connectivity index (χ4n) is 1.74. The summed E-state index contributed by atoms with van der Waals surface area (Å²) >= 11 is 1.59. The van der Waals surface area contributed by atoms with E-state index in [1.54, 1.807) is 29.8 Å². The number of nitrogens with zero attached hydrogens (tertiary/aromatic N) is 3. The maximum absolute atomic E-state index is 11.7. The first kappa shape index (κ1) is 14.2. The fourth-order valence-corrected chi connectivity index (χ4v) is 2.38. The Bertz CT molecular complexity index is 727. The van der Waals surface area contributed by atoms with E-state index in [2.05, 4.69) is 25.8 Å². The molecule has 0 spiro atoms. The normalized spacial score (nSPS) is 10.4. The zero-order valence-electron chi connectivity index (χ0n) is 11.5. The van der Waals surface area contributed by atoms with Gasteiger partial charge in [0, 0.05) is 22.8 Å². The number of rotatable bonds is 5. The van der Waals surface area contributed by atoms with Crippen molar-refractivity contribution in [2.75, 3.05) is 0 Å². The van der Waals surface area contributed by atoms with Crippen molar-refractivity contribution >= 4 is 17.4 Å².